The quantitative estimate of drug-likeness (QED) is 0.544. The van der Waals surface area contributed by atoms with Crippen LogP contribution in [0.25, 0.3) is 0 Å². The van der Waals surface area contributed by atoms with Crippen molar-refractivity contribution in [2.45, 2.75) is 4.90 Å². The van der Waals surface area contributed by atoms with Gasteiger partial charge in [-0.1, -0.05) is 0 Å². The van der Waals surface area contributed by atoms with E-state index in [1.54, 1.807) is 0 Å². The molecule has 0 aliphatic carbocycles. The van der Waals surface area contributed by atoms with Crippen LogP contribution < -0.4 is 5.73 Å². The van der Waals surface area contributed by atoms with Crippen LogP contribution in [0.1, 0.15) is 10.4 Å². The fraction of sp³-hybridized carbons (Fsp3) is 0. The first-order valence-corrected chi connectivity index (χ1v) is 3.38. The van der Waals surface area contributed by atoms with Crippen LogP contribution in [0.3, 0.4) is 0 Å². The third-order valence-electron chi connectivity index (χ3n) is 1.26. The molecular weight excluding hydrogens is 162 g/mol. The van der Waals surface area contributed by atoms with Crippen molar-refractivity contribution >= 4 is 18.5 Å². The average Bonchev–Trinajstić information content (AvgIpc) is 1.94. The number of carbonyl (C=O) groups is 1. The van der Waals surface area contributed by atoms with E-state index in [9.17, 15) is 4.79 Å². The third kappa shape index (κ3) is 1.65. The van der Waals surface area contributed by atoms with Gasteiger partial charge in [0.25, 0.3) is 0 Å². The molecule has 0 aliphatic heterocycles. The van der Waals surface area contributed by atoms with Crippen LogP contribution in [-0.4, -0.2) is 11.0 Å². The maximum atomic E-state index is 10.6. The highest BCUT2D eigenvalue weighted by atomic mass is 32.1. The predicted octanol–water partition coefficient (Wildman–Crippen LogP) is 0.780. The minimum Gasteiger partial charge on any atom is -0.507 e. The summed E-state index contributed by atoms with van der Waals surface area (Å²) in [5.74, 6) is -0.599. The Labute approximate surface area is 69.2 Å². The van der Waals surface area contributed by atoms with Gasteiger partial charge in [-0.2, -0.15) is 0 Å². The lowest BCUT2D eigenvalue weighted by Crippen LogP contribution is -2.10. The fourth-order valence-electron chi connectivity index (χ4n) is 0.677. The van der Waals surface area contributed by atoms with Gasteiger partial charge in [0.05, 0.1) is 0 Å². The molecule has 0 fully saturated rings. The van der Waals surface area contributed by atoms with E-state index in [0.29, 0.717) is 4.90 Å². The third-order valence-corrected chi connectivity index (χ3v) is 1.64. The summed E-state index contributed by atoms with van der Waals surface area (Å²) in [4.78, 5) is 11.0. The number of benzene rings is 1. The molecule has 1 rings (SSSR count). The summed E-state index contributed by atoms with van der Waals surface area (Å²) in [6.07, 6.45) is 0. The van der Waals surface area contributed by atoms with Gasteiger partial charge in [-0.05, 0) is 18.2 Å². The second-order valence-corrected chi connectivity index (χ2v) is 2.55. The molecular formula is C7H7NO2S. The summed E-state index contributed by atoms with van der Waals surface area (Å²) in [5, 5.41) is 9.06. The standard InChI is InChI=1S/C7H7NO2S/c8-7(10)4-1-2-6(11)5(9)3-4/h1-3,9,11H,(H2,8,10). The highest BCUT2D eigenvalue weighted by Gasteiger charge is 2.02. The molecule has 0 heterocycles. The van der Waals surface area contributed by atoms with Crippen molar-refractivity contribution in [3.63, 3.8) is 0 Å². The Bertz CT molecular complexity index is 298. The summed E-state index contributed by atoms with van der Waals surface area (Å²) in [6, 6.07) is 4.30. The molecule has 0 aromatic heterocycles. The number of rotatable bonds is 1. The smallest absolute Gasteiger partial charge is 0.248 e. The average molecular weight is 169 g/mol. The zero-order valence-electron chi connectivity index (χ0n) is 5.61. The Morgan fingerprint density at radius 3 is 2.64 bits per heavy atom. The molecule has 0 saturated carbocycles. The molecule has 1 amide bonds. The van der Waals surface area contributed by atoms with Crippen molar-refractivity contribution in [1.82, 2.24) is 0 Å². The van der Waals surface area contributed by atoms with Crippen molar-refractivity contribution in [2.24, 2.45) is 5.73 Å². The van der Waals surface area contributed by atoms with Gasteiger partial charge in [-0.25, -0.2) is 0 Å². The lowest BCUT2D eigenvalue weighted by atomic mass is 10.2. The van der Waals surface area contributed by atoms with Crippen LogP contribution >= 0.6 is 12.6 Å². The Hall–Kier alpha value is -1.16. The Morgan fingerprint density at radius 1 is 1.55 bits per heavy atom. The topological polar surface area (TPSA) is 63.3 Å². The van der Waals surface area contributed by atoms with E-state index in [4.69, 9.17) is 10.8 Å². The van der Waals surface area contributed by atoms with Gasteiger partial charge in [-0.15, -0.1) is 12.6 Å². The number of nitrogens with two attached hydrogens (primary N) is 1. The van der Waals surface area contributed by atoms with E-state index in [-0.39, 0.29) is 11.3 Å². The molecule has 0 spiro atoms. The second-order valence-electron chi connectivity index (χ2n) is 2.07. The first kappa shape index (κ1) is 7.94. The van der Waals surface area contributed by atoms with Gasteiger partial charge in [0.1, 0.15) is 5.75 Å². The molecule has 4 heteroatoms. The number of carbonyl (C=O) groups excluding carboxylic acids is 1. The monoisotopic (exact) mass is 169 g/mol. The van der Waals surface area contributed by atoms with Gasteiger partial charge in [0, 0.05) is 10.5 Å². The van der Waals surface area contributed by atoms with Crippen LogP contribution in [-0.2, 0) is 0 Å². The van der Waals surface area contributed by atoms with E-state index in [1.165, 1.54) is 18.2 Å². The van der Waals surface area contributed by atoms with Crippen LogP contribution in [0.5, 0.6) is 5.75 Å². The molecule has 3 N–H and O–H groups in total. The number of thiol groups is 1. The minimum absolute atomic E-state index is 0.0374. The molecule has 0 saturated heterocycles. The van der Waals surface area contributed by atoms with Crippen LogP contribution in [0.15, 0.2) is 23.1 Å². The van der Waals surface area contributed by atoms with E-state index in [1.807, 2.05) is 0 Å². The molecule has 0 radical (unpaired) electrons. The van der Waals surface area contributed by atoms with Gasteiger partial charge in [0.15, 0.2) is 0 Å². The molecule has 11 heavy (non-hydrogen) atoms. The number of primary amides is 1. The number of phenolic OH excluding ortho intramolecular Hbond substituents is 1. The van der Waals surface area contributed by atoms with E-state index in [2.05, 4.69) is 12.6 Å². The maximum absolute atomic E-state index is 10.6. The number of phenols is 1. The molecule has 1 aromatic rings. The first-order chi connectivity index (χ1) is 5.11. The molecule has 0 unspecified atom stereocenters. The van der Waals surface area contributed by atoms with Crippen molar-refractivity contribution in [1.29, 1.82) is 0 Å². The highest BCUT2D eigenvalue weighted by molar-refractivity contribution is 7.80. The Balaban J connectivity index is 3.15. The number of hydrogen-bond acceptors (Lipinski definition) is 3. The van der Waals surface area contributed by atoms with Crippen LogP contribution in [0.4, 0.5) is 0 Å². The summed E-state index contributed by atoms with van der Waals surface area (Å²) < 4.78 is 0. The normalized spacial score (nSPS) is 9.55. The minimum atomic E-state index is -0.561. The maximum Gasteiger partial charge on any atom is 0.248 e. The van der Waals surface area contributed by atoms with E-state index < -0.39 is 5.91 Å². The summed E-state index contributed by atoms with van der Waals surface area (Å²) >= 11 is 3.91. The van der Waals surface area contributed by atoms with Crippen molar-refractivity contribution in [2.75, 3.05) is 0 Å². The first-order valence-electron chi connectivity index (χ1n) is 2.93. The second kappa shape index (κ2) is 2.84. The predicted molar refractivity (Wildman–Crippen MR) is 43.9 cm³/mol. The Kier molecular flexibility index (Phi) is 2.05. The lowest BCUT2D eigenvalue weighted by Gasteiger charge is -1.98. The summed E-state index contributed by atoms with van der Waals surface area (Å²) in [5.41, 5.74) is 5.24. The highest BCUT2D eigenvalue weighted by Crippen LogP contribution is 2.21. The van der Waals surface area contributed by atoms with Crippen LogP contribution in [0.2, 0.25) is 0 Å². The summed E-state index contributed by atoms with van der Waals surface area (Å²) in [6.45, 7) is 0. The Morgan fingerprint density at radius 2 is 2.18 bits per heavy atom. The largest absolute Gasteiger partial charge is 0.507 e. The van der Waals surface area contributed by atoms with Gasteiger partial charge >= 0.3 is 0 Å². The van der Waals surface area contributed by atoms with Gasteiger partial charge in [0.2, 0.25) is 5.91 Å². The number of amides is 1. The van der Waals surface area contributed by atoms with Gasteiger partial charge < -0.3 is 10.8 Å². The molecule has 3 nitrogen and oxygen atoms in total. The zero-order chi connectivity index (χ0) is 8.43. The molecule has 0 atom stereocenters. The molecule has 58 valence electrons. The van der Waals surface area contributed by atoms with Crippen molar-refractivity contribution in [3.8, 4) is 5.75 Å². The zero-order valence-corrected chi connectivity index (χ0v) is 6.51. The van der Waals surface area contributed by atoms with E-state index in [0.717, 1.165) is 0 Å². The fourth-order valence-corrected chi connectivity index (χ4v) is 0.816. The molecule has 0 aliphatic rings. The number of hydrogen-bond donors (Lipinski definition) is 3. The van der Waals surface area contributed by atoms with E-state index >= 15 is 0 Å². The lowest BCUT2D eigenvalue weighted by molar-refractivity contribution is 0.1000. The SMILES string of the molecule is NC(=O)c1ccc(S)c(O)c1. The molecule has 1 aromatic carbocycles. The van der Waals surface area contributed by atoms with Crippen molar-refractivity contribution in [3.05, 3.63) is 23.8 Å². The van der Waals surface area contributed by atoms with Crippen LogP contribution in [0, 0.1) is 0 Å². The van der Waals surface area contributed by atoms with Crippen molar-refractivity contribution < 1.29 is 9.90 Å². The summed E-state index contributed by atoms with van der Waals surface area (Å²) in [7, 11) is 0. The molecule has 0 bridgehead atoms. The van der Waals surface area contributed by atoms with Gasteiger partial charge in [-0.3, -0.25) is 4.79 Å². The number of aromatic hydroxyl groups is 1.